The molecule has 2 heterocycles. The largest absolute Gasteiger partial charge is 0.475 e. The van der Waals surface area contributed by atoms with Crippen molar-refractivity contribution in [3.05, 3.63) is 23.9 Å². The first-order valence-electron chi connectivity index (χ1n) is 5.59. The van der Waals surface area contributed by atoms with Gasteiger partial charge in [-0.1, -0.05) is 0 Å². The highest BCUT2D eigenvalue weighted by molar-refractivity contribution is 5.85. The second kappa shape index (κ2) is 6.06. The molecule has 1 aromatic heterocycles. The summed E-state index contributed by atoms with van der Waals surface area (Å²) in [6.07, 6.45) is 3.24. The lowest BCUT2D eigenvalue weighted by Gasteiger charge is -2.12. The molecule has 3 nitrogen and oxygen atoms in total. The van der Waals surface area contributed by atoms with Gasteiger partial charge in [0.05, 0.1) is 6.10 Å². The van der Waals surface area contributed by atoms with E-state index in [9.17, 15) is 0 Å². The number of halogens is 1. The summed E-state index contributed by atoms with van der Waals surface area (Å²) in [4.78, 5) is 4.21. The molecule has 1 aliphatic rings. The predicted octanol–water partition coefficient (Wildman–Crippen LogP) is 2.37. The zero-order valence-electron chi connectivity index (χ0n) is 9.77. The summed E-state index contributed by atoms with van der Waals surface area (Å²) in [6, 6.07) is 4.16. The third-order valence-corrected chi connectivity index (χ3v) is 2.65. The quantitative estimate of drug-likeness (QED) is 0.884. The van der Waals surface area contributed by atoms with Gasteiger partial charge in [0.2, 0.25) is 5.88 Å². The van der Waals surface area contributed by atoms with Crippen LogP contribution in [-0.2, 0) is 0 Å². The van der Waals surface area contributed by atoms with E-state index in [0.29, 0.717) is 5.92 Å². The Kier molecular flexibility index (Phi) is 5.03. The molecule has 4 heteroatoms. The maximum Gasteiger partial charge on any atom is 0.213 e. The van der Waals surface area contributed by atoms with E-state index in [0.717, 1.165) is 19.0 Å². The van der Waals surface area contributed by atoms with Crippen LogP contribution < -0.4 is 10.1 Å². The van der Waals surface area contributed by atoms with Crippen LogP contribution in [0.3, 0.4) is 0 Å². The molecule has 0 radical (unpaired) electrons. The van der Waals surface area contributed by atoms with Crippen LogP contribution in [0, 0.1) is 0 Å². The van der Waals surface area contributed by atoms with Gasteiger partial charge in [0.1, 0.15) is 0 Å². The number of nitrogens with one attached hydrogen (secondary N) is 1. The monoisotopic (exact) mass is 242 g/mol. The fraction of sp³-hybridized carbons (Fsp3) is 0.583. The van der Waals surface area contributed by atoms with Crippen LogP contribution in [0.25, 0.3) is 0 Å². The Morgan fingerprint density at radius 2 is 2.31 bits per heavy atom. The SMILES string of the molecule is CC(C)Oc1cc(C2CCNC2)ccn1.Cl. The maximum absolute atomic E-state index is 5.58. The third-order valence-electron chi connectivity index (χ3n) is 2.65. The van der Waals surface area contributed by atoms with Crippen LogP contribution in [0.1, 0.15) is 31.7 Å². The maximum atomic E-state index is 5.58. The molecule has 1 unspecified atom stereocenters. The fourth-order valence-corrected chi connectivity index (χ4v) is 1.92. The van der Waals surface area contributed by atoms with E-state index >= 15 is 0 Å². The first kappa shape index (κ1) is 13.3. The average Bonchev–Trinajstić information content (AvgIpc) is 2.69. The second-order valence-corrected chi connectivity index (χ2v) is 4.28. The van der Waals surface area contributed by atoms with Gasteiger partial charge < -0.3 is 10.1 Å². The Labute approximate surface area is 103 Å². The highest BCUT2D eigenvalue weighted by Crippen LogP contribution is 2.24. The van der Waals surface area contributed by atoms with Crippen molar-refractivity contribution >= 4 is 12.4 Å². The highest BCUT2D eigenvalue weighted by Gasteiger charge is 2.17. The summed E-state index contributed by atoms with van der Waals surface area (Å²) in [5.74, 6) is 1.37. The second-order valence-electron chi connectivity index (χ2n) is 4.28. The predicted molar refractivity (Wildman–Crippen MR) is 67.5 cm³/mol. The van der Waals surface area contributed by atoms with Gasteiger partial charge in [-0.25, -0.2) is 4.98 Å². The lowest BCUT2D eigenvalue weighted by molar-refractivity contribution is 0.232. The van der Waals surface area contributed by atoms with Crippen molar-refractivity contribution in [1.29, 1.82) is 0 Å². The van der Waals surface area contributed by atoms with Gasteiger partial charge in [-0.3, -0.25) is 0 Å². The van der Waals surface area contributed by atoms with Gasteiger partial charge in [-0.05, 0) is 44.4 Å². The molecule has 0 bridgehead atoms. The van der Waals surface area contributed by atoms with E-state index in [4.69, 9.17) is 4.74 Å². The summed E-state index contributed by atoms with van der Waals surface area (Å²) in [6.45, 7) is 6.23. The van der Waals surface area contributed by atoms with Gasteiger partial charge in [-0.15, -0.1) is 12.4 Å². The van der Waals surface area contributed by atoms with Crippen LogP contribution in [0.2, 0.25) is 0 Å². The van der Waals surface area contributed by atoms with Crippen molar-refractivity contribution < 1.29 is 4.74 Å². The average molecular weight is 243 g/mol. The van der Waals surface area contributed by atoms with E-state index in [2.05, 4.69) is 22.4 Å². The number of rotatable bonds is 3. The third kappa shape index (κ3) is 3.35. The first-order valence-corrected chi connectivity index (χ1v) is 5.59. The number of ether oxygens (including phenoxy) is 1. The van der Waals surface area contributed by atoms with Crippen LogP contribution >= 0.6 is 12.4 Å². The lowest BCUT2D eigenvalue weighted by Crippen LogP contribution is -2.09. The topological polar surface area (TPSA) is 34.1 Å². The van der Waals surface area contributed by atoms with E-state index in [1.54, 1.807) is 0 Å². The van der Waals surface area contributed by atoms with Crippen molar-refractivity contribution in [2.24, 2.45) is 0 Å². The first-order chi connectivity index (χ1) is 7.25. The molecule has 0 aromatic carbocycles. The lowest BCUT2D eigenvalue weighted by atomic mass is 10.00. The van der Waals surface area contributed by atoms with Crippen molar-refractivity contribution in [1.82, 2.24) is 10.3 Å². The molecule has 0 aliphatic carbocycles. The van der Waals surface area contributed by atoms with Crippen LogP contribution in [0.15, 0.2) is 18.3 Å². The zero-order valence-corrected chi connectivity index (χ0v) is 10.6. The summed E-state index contributed by atoms with van der Waals surface area (Å²) < 4.78 is 5.58. The van der Waals surface area contributed by atoms with E-state index in [1.165, 1.54) is 12.0 Å². The molecule has 1 fully saturated rings. The van der Waals surface area contributed by atoms with Crippen LogP contribution in [-0.4, -0.2) is 24.2 Å². The Balaban J connectivity index is 0.00000128. The molecule has 90 valence electrons. The normalized spacial score (nSPS) is 19.6. The smallest absolute Gasteiger partial charge is 0.213 e. The summed E-state index contributed by atoms with van der Waals surface area (Å²) in [7, 11) is 0. The standard InChI is InChI=1S/C12H18N2O.ClH/c1-9(2)15-12-7-10(4-6-14-12)11-3-5-13-8-11;/h4,6-7,9,11,13H,3,5,8H2,1-2H3;1H. The molecule has 1 saturated heterocycles. The summed E-state index contributed by atoms with van der Waals surface area (Å²) in [5.41, 5.74) is 1.34. The van der Waals surface area contributed by atoms with Crippen molar-refractivity contribution in [2.75, 3.05) is 13.1 Å². The molecule has 2 rings (SSSR count). The van der Waals surface area contributed by atoms with Crippen LogP contribution in [0.4, 0.5) is 0 Å². The molecule has 1 N–H and O–H groups in total. The Morgan fingerprint density at radius 3 is 2.94 bits per heavy atom. The van der Waals surface area contributed by atoms with E-state index < -0.39 is 0 Å². The molecule has 1 aromatic rings. The Hall–Kier alpha value is -0.800. The fourth-order valence-electron chi connectivity index (χ4n) is 1.92. The van der Waals surface area contributed by atoms with E-state index in [1.807, 2.05) is 20.0 Å². The van der Waals surface area contributed by atoms with Gasteiger partial charge >= 0.3 is 0 Å². The minimum atomic E-state index is 0. The Morgan fingerprint density at radius 1 is 1.50 bits per heavy atom. The summed E-state index contributed by atoms with van der Waals surface area (Å²) >= 11 is 0. The molecule has 1 aliphatic heterocycles. The number of aromatic nitrogens is 1. The molecule has 0 amide bonds. The van der Waals surface area contributed by atoms with Crippen molar-refractivity contribution in [2.45, 2.75) is 32.3 Å². The van der Waals surface area contributed by atoms with Crippen molar-refractivity contribution in [3.63, 3.8) is 0 Å². The van der Waals surface area contributed by atoms with Gasteiger partial charge in [0.15, 0.2) is 0 Å². The minimum Gasteiger partial charge on any atom is -0.475 e. The van der Waals surface area contributed by atoms with Crippen molar-refractivity contribution in [3.8, 4) is 5.88 Å². The van der Waals surface area contributed by atoms with E-state index in [-0.39, 0.29) is 18.5 Å². The van der Waals surface area contributed by atoms with Gasteiger partial charge in [-0.2, -0.15) is 0 Å². The zero-order chi connectivity index (χ0) is 10.7. The number of hydrogen-bond acceptors (Lipinski definition) is 3. The number of hydrogen-bond donors (Lipinski definition) is 1. The summed E-state index contributed by atoms with van der Waals surface area (Å²) in [5, 5.41) is 3.37. The minimum absolute atomic E-state index is 0. The number of pyridine rings is 1. The molecule has 0 saturated carbocycles. The van der Waals surface area contributed by atoms with Crippen LogP contribution in [0.5, 0.6) is 5.88 Å². The molecule has 0 spiro atoms. The number of nitrogens with zero attached hydrogens (tertiary/aromatic N) is 1. The molecular weight excluding hydrogens is 224 g/mol. The highest BCUT2D eigenvalue weighted by atomic mass is 35.5. The molecular formula is C12H19ClN2O. The Bertz CT molecular complexity index is 325. The van der Waals surface area contributed by atoms with Gasteiger partial charge in [0, 0.05) is 18.8 Å². The van der Waals surface area contributed by atoms with Gasteiger partial charge in [0.25, 0.3) is 0 Å². The molecule has 16 heavy (non-hydrogen) atoms. The molecule has 1 atom stereocenters.